The molecule has 82 valence electrons. The second-order valence-corrected chi connectivity index (χ2v) is 3.28. The van der Waals surface area contributed by atoms with Crippen LogP contribution >= 0.6 is 0 Å². The maximum absolute atomic E-state index is 10.9. The molecule has 1 aromatic rings. The molecule has 0 aliphatic rings. The van der Waals surface area contributed by atoms with E-state index in [0.29, 0.717) is 12.2 Å². The Kier molecular flexibility index (Phi) is 4.60. The van der Waals surface area contributed by atoms with Crippen LogP contribution in [-0.4, -0.2) is 22.2 Å². The van der Waals surface area contributed by atoms with Crippen LogP contribution in [0.4, 0.5) is 0 Å². The van der Waals surface area contributed by atoms with E-state index in [1.54, 1.807) is 18.3 Å². The van der Waals surface area contributed by atoms with Crippen LogP contribution < -0.4 is 4.74 Å². The van der Waals surface area contributed by atoms with Crippen LogP contribution in [0.15, 0.2) is 24.5 Å². The Labute approximate surface area is 88.9 Å². The highest BCUT2D eigenvalue weighted by molar-refractivity contribution is 5.72. The molecule has 0 spiro atoms. The van der Waals surface area contributed by atoms with Crippen molar-refractivity contribution in [3.8, 4) is 5.75 Å². The summed E-state index contributed by atoms with van der Waals surface area (Å²) < 4.78 is 5.32. The van der Waals surface area contributed by atoms with Crippen LogP contribution in [0.1, 0.15) is 26.2 Å². The highest BCUT2D eigenvalue weighted by Crippen LogP contribution is 2.13. The molecule has 1 aromatic heterocycles. The summed E-state index contributed by atoms with van der Waals surface area (Å²) in [6, 6.07) is 3.42. The van der Waals surface area contributed by atoms with Gasteiger partial charge >= 0.3 is 5.97 Å². The number of carboxylic acid groups (broad SMARTS) is 1. The molecule has 1 N–H and O–H groups in total. The zero-order valence-corrected chi connectivity index (χ0v) is 8.72. The average molecular weight is 209 g/mol. The Hall–Kier alpha value is -1.58. The number of nitrogens with zero attached hydrogens (tertiary/aromatic N) is 1. The normalized spacial score (nSPS) is 12.1. The van der Waals surface area contributed by atoms with Crippen LogP contribution in [0.2, 0.25) is 0 Å². The fraction of sp³-hybridized carbons (Fsp3) is 0.455. The van der Waals surface area contributed by atoms with Gasteiger partial charge in [0, 0.05) is 6.20 Å². The number of rotatable bonds is 6. The van der Waals surface area contributed by atoms with Gasteiger partial charge in [-0.1, -0.05) is 13.3 Å². The molecule has 4 heteroatoms. The molecule has 0 saturated heterocycles. The molecule has 1 heterocycles. The number of aromatic nitrogens is 1. The van der Waals surface area contributed by atoms with Gasteiger partial charge < -0.3 is 9.84 Å². The lowest BCUT2D eigenvalue weighted by molar-refractivity contribution is -0.145. The molecule has 4 nitrogen and oxygen atoms in total. The van der Waals surface area contributed by atoms with E-state index in [4.69, 9.17) is 9.84 Å². The number of hydrogen-bond acceptors (Lipinski definition) is 3. The number of ether oxygens (including phenoxy) is 1. The van der Waals surface area contributed by atoms with Gasteiger partial charge in [0.1, 0.15) is 5.75 Å². The van der Waals surface area contributed by atoms with Crippen molar-refractivity contribution in [3.63, 3.8) is 0 Å². The number of pyridine rings is 1. The molecule has 0 aliphatic heterocycles. The summed E-state index contributed by atoms with van der Waals surface area (Å²) in [5.41, 5.74) is 0. The molecule has 1 atom stereocenters. The van der Waals surface area contributed by atoms with E-state index in [-0.39, 0.29) is 0 Å². The molecule has 0 aromatic carbocycles. The zero-order chi connectivity index (χ0) is 11.1. The second-order valence-electron chi connectivity index (χ2n) is 3.28. The Morgan fingerprint density at radius 3 is 3.00 bits per heavy atom. The van der Waals surface area contributed by atoms with E-state index in [1.165, 1.54) is 6.20 Å². The van der Waals surface area contributed by atoms with Gasteiger partial charge in [-0.25, -0.2) is 4.79 Å². The van der Waals surface area contributed by atoms with Gasteiger partial charge in [-0.15, -0.1) is 0 Å². The van der Waals surface area contributed by atoms with Crippen molar-refractivity contribution in [1.82, 2.24) is 4.98 Å². The van der Waals surface area contributed by atoms with Crippen molar-refractivity contribution < 1.29 is 14.6 Å². The van der Waals surface area contributed by atoms with Crippen molar-refractivity contribution in [1.29, 1.82) is 0 Å². The number of unbranched alkanes of at least 4 members (excludes halogenated alkanes) is 1. The third kappa shape index (κ3) is 3.97. The smallest absolute Gasteiger partial charge is 0.344 e. The third-order valence-electron chi connectivity index (χ3n) is 2.01. The molecule has 0 radical (unpaired) electrons. The SMILES string of the molecule is CCCCC(Oc1cccnc1)C(=O)O. The fourth-order valence-corrected chi connectivity index (χ4v) is 1.20. The molecule has 15 heavy (non-hydrogen) atoms. The summed E-state index contributed by atoms with van der Waals surface area (Å²) in [5.74, 6) is -0.423. The van der Waals surface area contributed by atoms with Crippen LogP contribution in [0.25, 0.3) is 0 Å². The standard InChI is InChI=1S/C11H15NO3/c1-2-3-6-10(11(13)14)15-9-5-4-7-12-8-9/h4-5,7-8,10H,2-3,6H2,1H3,(H,13,14). The van der Waals surface area contributed by atoms with Crippen LogP contribution in [0, 0.1) is 0 Å². The van der Waals surface area contributed by atoms with Gasteiger partial charge in [0.15, 0.2) is 6.10 Å². The molecular formula is C11H15NO3. The van der Waals surface area contributed by atoms with Crippen LogP contribution in [0.5, 0.6) is 5.75 Å². The zero-order valence-electron chi connectivity index (χ0n) is 8.72. The molecule has 0 amide bonds. The predicted molar refractivity (Wildman–Crippen MR) is 55.8 cm³/mol. The fourth-order valence-electron chi connectivity index (χ4n) is 1.20. The van der Waals surface area contributed by atoms with Gasteiger partial charge in [-0.05, 0) is 25.0 Å². The molecule has 0 fully saturated rings. The van der Waals surface area contributed by atoms with Gasteiger partial charge in [-0.2, -0.15) is 0 Å². The Balaban J connectivity index is 2.55. The maximum atomic E-state index is 10.9. The summed E-state index contributed by atoms with van der Waals surface area (Å²) in [6.07, 6.45) is 4.70. The predicted octanol–water partition coefficient (Wildman–Crippen LogP) is 2.10. The number of aliphatic carboxylic acids is 1. The first-order valence-electron chi connectivity index (χ1n) is 5.03. The summed E-state index contributed by atoms with van der Waals surface area (Å²) in [4.78, 5) is 14.7. The van der Waals surface area contributed by atoms with Crippen molar-refractivity contribution in [3.05, 3.63) is 24.5 Å². The number of carbonyl (C=O) groups is 1. The maximum Gasteiger partial charge on any atom is 0.344 e. The molecular weight excluding hydrogens is 194 g/mol. The van der Waals surface area contributed by atoms with Crippen molar-refractivity contribution >= 4 is 5.97 Å². The second kappa shape index (κ2) is 6.01. The van der Waals surface area contributed by atoms with Crippen molar-refractivity contribution in [2.24, 2.45) is 0 Å². The first-order valence-corrected chi connectivity index (χ1v) is 5.03. The van der Waals surface area contributed by atoms with E-state index in [9.17, 15) is 4.79 Å². The van der Waals surface area contributed by atoms with Crippen molar-refractivity contribution in [2.45, 2.75) is 32.3 Å². The van der Waals surface area contributed by atoms with Crippen LogP contribution in [-0.2, 0) is 4.79 Å². The van der Waals surface area contributed by atoms with Gasteiger partial charge in [-0.3, -0.25) is 4.98 Å². The van der Waals surface area contributed by atoms with Gasteiger partial charge in [0.25, 0.3) is 0 Å². The monoisotopic (exact) mass is 209 g/mol. The Morgan fingerprint density at radius 2 is 2.47 bits per heavy atom. The highest BCUT2D eigenvalue weighted by Gasteiger charge is 2.18. The molecule has 0 bridgehead atoms. The largest absolute Gasteiger partial charge is 0.479 e. The van der Waals surface area contributed by atoms with Crippen LogP contribution in [0.3, 0.4) is 0 Å². The molecule has 0 saturated carbocycles. The first-order chi connectivity index (χ1) is 7.24. The number of hydrogen-bond donors (Lipinski definition) is 1. The topological polar surface area (TPSA) is 59.4 Å². The molecule has 1 rings (SSSR count). The third-order valence-corrected chi connectivity index (χ3v) is 2.01. The minimum atomic E-state index is -0.924. The quantitative estimate of drug-likeness (QED) is 0.779. The highest BCUT2D eigenvalue weighted by atomic mass is 16.5. The van der Waals surface area contributed by atoms with E-state index in [0.717, 1.165) is 12.8 Å². The van der Waals surface area contributed by atoms with Gasteiger partial charge in [0.05, 0.1) is 6.20 Å². The summed E-state index contributed by atoms with van der Waals surface area (Å²) in [5, 5.41) is 8.92. The lowest BCUT2D eigenvalue weighted by atomic mass is 10.1. The lowest BCUT2D eigenvalue weighted by Crippen LogP contribution is -2.26. The van der Waals surface area contributed by atoms with Gasteiger partial charge in [0.2, 0.25) is 0 Å². The first kappa shape index (κ1) is 11.5. The minimum absolute atomic E-state index is 0.501. The lowest BCUT2D eigenvalue weighted by Gasteiger charge is -2.13. The number of carboxylic acids is 1. The minimum Gasteiger partial charge on any atom is -0.479 e. The van der Waals surface area contributed by atoms with Crippen molar-refractivity contribution in [2.75, 3.05) is 0 Å². The molecule has 1 unspecified atom stereocenters. The average Bonchev–Trinajstić information content (AvgIpc) is 2.25. The Morgan fingerprint density at radius 1 is 1.67 bits per heavy atom. The Bertz CT molecular complexity index is 300. The van der Waals surface area contributed by atoms with E-state index in [2.05, 4.69) is 4.98 Å². The summed E-state index contributed by atoms with van der Waals surface area (Å²) >= 11 is 0. The summed E-state index contributed by atoms with van der Waals surface area (Å²) in [7, 11) is 0. The van der Waals surface area contributed by atoms with E-state index < -0.39 is 12.1 Å². The van der Waals surface area contributed by atoms with E-state index in [1.807, 2.05) is 6.92 Å². The molecule has 0 aliphatic carbocycles. The van der Waals surface area contributed by atoms with E-state index >= 15 is 0 Å². The summed E-state index contributed by atoms with van der Waals surface area (Å²) in [6.45, 7) is 2.02.